The molecule has 0 aliphatic rings. The summed E-state index contributed by atoms with van der Waals surface area (Å²) >= 11 is 0. The maximum Gasteiger partial charge on any atom is 0.335 e. The van der Waals surface area contributed by atoms with Gasteiger partial charge in [-0.15, -0.1) is 5.48 Å². The predicted octanol–water partition coefficient (Wildman–Crippen LogP) is 1.13. The monoisotopic (exact) mass is 239 g/mol. The molecular formula is C11H13NO5. The van der Waals surface area contributed by atoms with Crippen LogP contribution in [-0.2, 0) is 4.79 Å². The topological polar surface area (TPSA) is 95.9 Å². The number of rotatable bonds is 6. The number of hydrogen-bond donors (Lipinski definition) is 3. The van der Waals surface area contributed by atoms with E-state index in [2.05, 4.69) is 5.48 Å². The zero-order chi connectivity index (χ0) is 12.8. The van der Waals surface area contributed by atoms with Crippen molar-refractivity contribution in [3.63, 3.8) is 0 Å². The molecule has 1 atom stereocenters. The van der Waals surface area contributed by atoms with E-state index in [1.165, 1.54) is 24.3 Å². The fourth-order valence-electron chi connectivity index (χ4n) is 1.11. The highest BCUT2D eigenvalue weighted by atomic mass is 16.6. The Morgan fingerprint density at radius 1 is 1.29 bits per heavy atom. The molecule has 0 fully saturated rings. The molecule has 6 nitrogen and oxygen atoms in total. The Balaban J connectivity index is 2.58. The summed E-state index contributed by atoms with van der Waals surface area (Å²) in [5.74, 6) is -1.68. The molecule has 0 saturated heterocycles. The van der Waals surface area contributed by atoms with Crippen LogP contribution in [0.3, 0.4) is 0 Å². The number of hydrogen-bond acceptors (Lipinski definition) is 4. The van der Waals surface area contributed by atoms with Crippen LogP contribution in [0.15, 0.2) is 24.3 Å². The zero-order valence-electron chi connectivity index (χ0n) is 9.21. The number of aliphatic carboxylic acids is 1. The average Bonchev–Trinajstić information content (AvgIpc) is 2.30. The Morgan fingerprint density at radius 3 is 2.29 bits per heavy atom. The van der Waals surface area contributed by atoms with Crippen LogP contribution in [0.25, 0.3) is 0 Å². The van der Waals surface area contributed by atoms with Crippen LogP contribution in [0.2, 0.25) is 0 Å². The summed E-state index contributed by atoms with van der Waals surface area (Å²) in [6.07, 6.45) is 0.378. The van der Waals surface area contributed by atoms with Crippen LogP contribution in [0, 0.1) is 0 Å². The van der Waals surface area contributed by atoms with E-state index in [-0.39, 0.29) is 5.56 Å². The van der Waals surface area contributed by atoms with Crippen molar-refractivity contribution in [2.24, 2.45) is 0 Å². The molecule has 0 amide bonds. The van der Waals surface area contributed by atoms with Gasteiger partial charge in [0.2, 0.25) is 0 Å². The third-order valence-corrected chi connectivity index (χ3v) is 2.13. The number of carboxylic acids is 2. The Hall–Kier alpha value is -2.08. The van der Waals surface area contributed by atoms with Crippen molar-refractivity contribution >= 4 is 11.9 Å². The molecule has 3 N–H and O–H groups in total. The van der Waals surface area contributed by atoms with E-state index in [4.69, 9.17) is 15.1 Å². The van der Waals surface area contributed by atoms with Gasteiger partial charge in [0.25, 0.3) is 0 Å². The molecule has 92 valence electrons. The molecule has 1 unspecified atom stereocenters. The van der Waals surface area contributed by atoms with Crippen LogP contribution >= 0.6 is 0 Å². The first-order valence-corrected chi connectivity index (χ1v) is 5.03. The van der Waals surface area contributed by atoms with Crippen LogP contribution in [0.5, 0.6) is 5.75 Å². The lowest BCUT2D eigenvalue weighted by Crippen LogP contribution is -2.38. The highest BCUT2D eigenvalue weighted by molar-refractivity contribution is 5.87. The maximum atomic E-state index is 10.7. The van der Waals surface area contributed by atoms with Gasteiger partial charge < -0.3 is 15.1 Å². The lowest BCUT2D eigenvalue weighted by atomic mass is 10.2. The highest BCUT2D eigenvalue weighted by Crippen LogP contribution is 2.11. The first-order chi connectivity index (χ1) is 8.04. The van der Waals surface area contributed by atoms with Crippen LogP contribution in [0.4, 0.5) is 0 Å². The van der Waals surface area contributed by atoms with Gasteiger partial charge in [0.1, 0.15) is 11.8 Å². The predicted molar refractivity (Wildman–Crippen MR) is 58.9 cm³/mol. The molecule has 0 radical (unpaired) electrons. The standard InChI is InChI=1S/C11H13NO5/c1-2-9(11(15)16)12-17-8-5-3-7(4-6-8)10(13)14/h3-6,9,12H,2H2,1H3,(H,13,14)(H,15,16). The summed E-state index contributed by atoms with van der Waals surface area (Å²) in [5, 5.41) is 17.4. The summed E-state index contributed by atoms with van der Waals surface area (Å²) in [6, 6.07) is 4.85. The highest BCUT2D eigenvalue weighted by Gasteiger charge is 2.14. The van der Waals surface area contributed by atoms with Gasteiger partial charge in [-0.3, -0.25) is 4.79 Å². The first kappa shape index (κ1) is 13.0. The van der Waals surface area contributed by atoms with Gasteiger partial charge in [0.15, 0.2) is 0 Å². The number of nitrogens with one attached hydrogen (secondary N) is 1. The van der Waals surface area contributed by atoms with Gasteiger partial charge >= 0.3 is 11.9 Å². The zero-order valence-corrected chi connectivity index (χ0v) is 9.21. The molecule has 1 aromatic rings. The number of hydroxylamine groups is 1. The van der Waals surface area contributed by atoms with E-state index >= 15 is 0 Å². The van der Waals surface area contributed by atoms with Crippen LogP contribution in [-0.4, -0.2) is 28.2 Å². The van der Waals surface area contributed by atoms with Gasteiger partial charge in [-0.1, -0.05) is 6.92 Å². The lowest BCUT2D eigenvalue weighted by Gasteiger charge is -2.12. The van der Waals surface area contributed by atoms with E-state index < -0.39 is 18.0 Å². The van der Waals surface area contributed by atoms with E-state index in [0.29, 0.717) is 12.2 Å². The SMILES string of the molecule is CCC(NOc1ccc(C(=O)O)cc1)C(=O)O. The fourth-order valence-corrected chi connectivity index (χ4v) is 1.11. The van der Waals surface area contributed by atoms with Crippen molar-refractivity contribution in [3.8, 4) is 5.75 Å². The van der Waals surface area contributed by atoms with E-state index in [1.807, 2.05) is 0 Å². The Morgan fingerprint density at radius 2 is 1.88 bits per heavy atom. The first-order valence-electron chi connectivity index (χ1n) is 5.03. The van der Waals surface area contributed by atoms with Crippen molar-refractivity contribution in [2.45, 2.75) is 19.4 Å². The molecule has 0 aromatic heterocycles. The molecule has 6 heteroatoms. The van der Waals surface area contributed by atoms with Crippen molar-refractivity contribution in [1.29, 1.82) is 0 Å². The molecule has 0 bridgehead atoms. The number of benzene rings is 1. The minimum atomic E-state index is -1.03. The maximum absolute atomic E-state index is 10.7. The second-order valence-electron chi connectivity index (χ2n) is 3.35. The van der Waals surface area contributed by atoms with Crippen molar-refractivity contribution in [2.75, 3.05) is 0 Å². The molecule has 0 saturated carbocycles. The average molecular weight is 239 g/mol. The van der Waals surface area contributed by atoms with Gasteiger partial charge in [-0.05, 0) is 30.7 Å². The summed E-state index contributed by atoms with van der Waals surface area (Å²) < 4.78 is 0. The Kier molecular flexibility index (Phi) is 4.47. The van der Waals surface area contributed by atoms with E-state index in [0.717, 1.165) is 0 Å². The third kappa shape index (κ3) is 3.76. The Bertz CT molecular complexity index is 401. The molecule has 1 rings (SSSR count). The molecular weight excluding hydrogens is 226 g/mol. The van der Waals surface area contributed by atoms with Crippen LogP contribution < -0.4 is 10.3 Å². The molecule has 17 heavy (non-hydrogen) atoms. The third-order valence-electron chi connectivity index (χ3n) is 2.13. The van der Waals surface area contributed by atoms with E-state index in [1.54, 1.807) is 6.92 Å². The molecule has 1 aromatic carbocycles. The minimum absolute atomic E-state index is 0.141. The minimum Gasteiger partial charge on any atom is -0.480 e. The van der Waals surface area contributed by atoms with Crippen molar-refractivity contribution < 1.29 is 24.6 Å². The van der Waals surface area contributed by atoms with Crippen LogP contribution in [0.1, 0.15) is 23.7 Å². The molecule has 0 aliphatic carbocycles. The van der Waals surface area contributed by atoms with Crippen molar-refractivity contribution in [1.82, 2.24) is 5.48 Å². The van der Waals surface area contributed by atoms with E-state index in [9.17, 15) is 9.59 Å². The summed E-state index contributed by atoms with van der Waals surface area (Å²) in [5.41, 5.74) is 2.53. The van der Waals surface area contributed by atoms with Crippen molar-refractivity contribution in [3.05, 3.63) is 29.8 Å². The normalized spacial score (nSPS) is 11.8. The second kappa shape index (κ2) is 5.86. The fraction of sp³-hybridized carbons (Fsp3) is 0.273. The van der Waals surface area contributed by atoms with Gasteiger partial charge in [-0.2, -0.15) is 0 Å². The van der Waals surface area contributed by atoms with Gasteiger partial charge in [0.05, 0.1) is 5.56 Å². The molecule has 0 aliphatic heterocycles. The second-order valence-corrected chi connectivity index (χ2v) is 3.35. The summed E-state index contributed by atoms with van der Waals surface area (Å²) in [4.78, 5) is 26.3. The van der Waals surface area contributed by atoms with Gasteiger partial charge in [-0.25, -0.2) is 4.79 Å². The molecule has 0 heterocycles. The lowest BCUT2D eigenvalue weighted by molar-refractivity contribution is -0.141. The largest absolute Gasteiger partial charge is 0.480 e. The summed E-state index contributed by atoms with van der Waals surface area (Å²) in [7, 11) is 0. The quantitative estimate of drug-likeness (QED) is 0.644. The number of carboxylic acid groups (broad SMARTS) is 2. The van der Waals surface area contributed by atoms with Gasteiger partial charge in [0, 0.05) is 0 Å². The smallest absolute Gasteiger partial charge is 0.335 e. The molecule has 0 spiro atoms. The number of aromatic carboxylic acids is 1. The summed E-state index contributed by atoms with van der Waals surface area (Å²) in [6.45, 7) is 1.71. The number of carbonyl (C=O) groups is 2. The Labute approximate surface area is 97.8 Å².